The number of fused-ring (bicyclic) bond motifs is 1. The van der Waals surface area contributed by atoms with E-state index in [0.29, 0.717) is 12.7 Å². The van der Waals surface area contributed by atoms with Gasteiger partial charge in [0.05, 0.1) is 12.7 Å². The van der Waals surface area contributed by atoms with Crippen LogP contribution >= 0.6 is 0 Å². The van der Waals surface area contributed by atoms with Crippen molar-refractivity contribution in [2.24, 2.45) is 0 Å². The minimum Gasteiger partial charge on any atom is -0.372 e. The van der Waals surface area contributed by atoms with Gasteiger partial charge in [-0.15, -0.1) is 0 Å². The topological polar surface area (TPSA) is 49.9 Å². The molecule has 1 fully saturated rings. The van der Waals surface area contributed by atoms with Gasteiger partial charge in [-0.05, 0) is 36.2 Å². The zero-order valence-electron chi connectivity index (χ0n) is 12.4. The van der Waals surface area contributed by atoms with Crippen LogP contribution in [0.4, 0.5) is 0 Å². The van der Waals surface area contributed by atoms with Gasteiger partial charge in [0.2, 0.25) is 0 Å². The monoisotopic (exact) mass is 293 g/mol. The molecule has 112 valence electrons. The molecule has 3 aromatic rings. The van der Waals surface area contributed by atoms with E-state index in [1.807, 2.05) is 12.4 Å². The second-order valence-corrected chi connectivity index (χ2v) is 5.72. The Labute approximate surface area is 129 Å². The lowest BCUT2D eigenvalue weighted by atomic mass is 10.0. The highest BCUT2D eigenvalue weighted by Gasteiger charge is 2.15. The average molecular weight is 293 g/mol. The summed E-state index contributed by atoms with van der Waals surface area (Å²) in [5.41, 5.74) is 4.47. The first-order valence-corrected chi connectivity index (χ1v) is 7.74. The number of rotatable bonds is 4. The zero-order valence-corrected chi connectivity index (χ0v) is 12.4. The number of aromatic amines is 1. The summed E-state index contributed by atoms with van der Waals surface area (Å²) in [6, 6.07) is 12.6. The van der Waals surface area contributed by atoms with E-state index in [9.17, 15) is 0 Å². The van der Waals surface area contributed by atoms with Crippen LogP contribution in [0.15, 0.2) is 48.8 Å². The summed E-state index contributed by atoms with van der Waals surface area (Å²) in [6.45, 7) is 2.66. The Balaban J connectivity index is 1.62. The summed E-state index contributed by atoms with van der Waals surface area (Å²) in [4.78, 5) is 7.62. The molecule has 2 N–H and O–H groups in total. The summed E-state index contributed by atoms with van der Waals surface area (Å²) in [7, 11) is 0. The fraction of sp³-hybridized carbons (Fsp3) is 0.278. The molecule has 3 heterocycles. The number of H-pyrrole nitrogens is 1. The number of nitrogens with one attached hydrogen (secondary N) is 2. The van der Waals surface area contributed by atoms with Crippen LogP contribution in [0.3, 0.4) is 0 Å². The van der Waals surface area contributed by atoms with Crippen LogP contribution in [0.2, 0.25) is 0 Å². The minimum atomic E-state index is 0.332. The molecule has 0 bridgehead atoms. The maximum atomic E-state index is 6.03. The van der Waals surface area contributed by atoms with Gasteiger partial charge in [0.1, 0.15) is 5.65 Å². The van der Waals surface area contributed by atoms with Crippen LogP contribution in [0.1, 0.15) is 12.0 Å². The summed E-state index contributed by atoms with van der Waals surface area (Å²) in [6.07, 6.45) is 5.27. The van der Waals surface area contributed by atoms with Crippen molar-refractivity contribution in [2.45, 2.75) is 19.1 Å². The molecule has 1 aromatic carbocycles. The molecule has 1 aliphatic rings. The van der Waals surface area contributed by atoms with E-state index in [1.54, 1.807) is 0 Å². The Bertz CT molecular complexity index is 775. The Hall–Kier alpha value is -2.17. The SMILES string of the molecule is c1ccc(-c2cnc3[nH]ccc3c2)c(CO[C@H]2CCNC2)c1. The molecule has 1 atom stereocenters. The average Bonchev–Trinajstić information content (AvgIpc) is 3.24. The van der Waals surface area contributed by atoms with E-state index in [2.05, 4.69) is 51.7 Å². The fourth-order valence-corrected chi connectivity index (χ4v) is 2.99. The van der Waals surface area contributed by atoms with Gasteiger partial charge in [0, 0.05) is 29.9 Å². The second kappa shape index (κ2) is 5.91. The first-order chi connectivity index (χ1) is 10.9. The summed E-state index contributed by atoms with van der Waals surface area (Å²) in [5, 5.41) is 4.47. The number of ether oxygens (including phenoxy) is 1. The Morgan fingerprint density at radius 2 is 2.18 bits per heavy atom. The third-order valence-corrected chi connectivity index (χ3v) is 4.22. The van der Waals surface area contributed by atoms with Gasteiger partial charge >= 0.3 is 0 Å². The number of hydrogen-bond acceptors (Lipinski definition) is 3. The molecule has 0 amide bonds. The van der Waals surface area contributed by atoms with Gasteiger partial charge < -0.3 is 15.0 Å². The summed E-state index contributed by atoms with van der Waals surface area (Å²) >= 11 is 0. The maximum Gasteiger partial charge on any atom is 0.137 e. The van der Waals surface area contributed by atoms with Crippen LogP contribution in [0.5, 0.6) is 0 Å². The van der Waals surface area contributed by atoms with Gasteiger partial charge in [0.15, 0.2) is 0 Å². The molecule has 1 aliphatic heterocycles. The Morgan fingerprint density at radius 1 is 1.23 bits per heavy atom. The quantitative estimate of drug-likeness (QED) is 0.777. The van der Waals surface area contributed by atoms with Crippen LogP contribution < -0.4 is 5.32 Å². The van der Waals surface area contributed by atoms with Gasteiger partial charge in [0.25, 0.3) is 0 Å². The molecule has 0 radical (unpaired) electrons. The van der Waals surface area contributed by atoms with E-state index in [1.165, 1.54) is 11.1 Å². The maximum absolute atomic E-state index is 6.03. The van der Waals surface area contributed by atoms with E-state index >= 15 is 0 Å². The predicted molar refractivity (Wildman–Crippen MR) is 87.6 cm³/mol. The van der Waals surface area contributed by atoms with Gasteiger partial charge in [-0.1, -0.05) is 24.3 Å². The summed E-state index contributed by atoms with van der Waals surface area (Å²) in [5.74, 6) is 0. The van der Waals surface area contributed by atoms with E-state index in [0.717, 1.165) is 36.1 Å². The highest BCUT2D eigenvalue weighted by molar-refractivity contribution is 5.82. The number of benzene rings is 1. The highest BCUT2D eigenvalue weighted by Crippen LogP contribution is 2.26. The van der Waals surface area contributed by atoms with Crippen molar-refractivity contribution in [1.82, 2.24) is 15.3 Å². The molecular formula is C18H19N3O. The normalized spacial score (nSPS) is 18.1. The predicted octanol–water partition coefficient (Wildman–Crippen LogP) is 3.11. The largest absolute Gasteiger partial charge is 0.372 e. The molecule has 4 rings (SSSR count). The van der Waals surface area contributed by atoms with Crippen molar-refractivity contribution >= 4 is 11.0 Å². The molecule has 22 heavy (non-hydrogen) atoms. The van der Waals surface area contributed by atoms with Gasteiger partial charge in [-0.25, -0.2) is 4.98 Å². The molecule has 1 saturated heterocycles. The van der Waals surface area contributed by atoms with Crippen molar-refractivity contribution in [3.63, 3.8) is 0 Å². The Morgan fingerprint density at radius 3 is 3.09 bits per heavy atom. The van der Waals surface area contributed by atoms with Crippen molar-refractivity contribution in [1.29, 1.82) is 0 Å². The first-order valence-electron chi connectivity index (χ1n) is 7.74. The van der Waals surface area contributed by atoms with Crippen molar-refractivity contribution in [3.05, 3.63) is 54.4 Å². The number of pyridine rings is 1. The fourth-order valence-electron chi connectivity index (χ4n) is 2.99. The third-order valence-electron chi connectivity index (χ3n) is 4.22. The van der Waals surface area contributed by atoms with E-state index in [4.69, 9.17) is 4.74 Å². The van der Waals surface area contributed by atoms with Crippen molar-refractivity contribution < 1.29 is 4.74 Å². The zero-order chi connectivity index (χ0) is 14.8. The molecule has 0 saturated carbocycles. The second-order valence-electron chi connectivity index (χ2n) is 5.72. The first kappa shape index (κ1) is 13.5. The van der Waals surface area contributed by atoms with Crippen molar-refractivity contribution in [3.8, 4) is 11.1 Å². The minimum absolute atomic E-state index is 0.332. The lowest BCUT2D eigenvalue weighted by Gasteiger charge is -2.14. The molecular weight excluding hydrogens is 274 g/mol. The molecule has 0 aliphatic carbocycles. The van der Waals surface area contributed by atoms with Crippen LogP contribution in [0.25, 0.3) is 22.2 Å². The summed E-state index contributed by atoms with van der Waals surface area (Å²) < 4.78 is 6.03. The van der Waals surface area contributed by atoms with E-state index < -0.39 is 0 Å². The lowest BCUT2D eigenvalue weighted by molar-refractivity contribution is 0.0545. The van der Waals surface area contributed by atoms with Crippen LogP contribution in [-0.2, 0) is 11.3 Å². The van der Waals surface area contributed by atoms with Crippen LogP contribution in [0, 0.1) is 0 Å². The van der Waals surface area contributed by atoms with Gasteiger partial charge in [-0.2, -0.15) is 0 Å². The number of hydrogen-bond donors (Lipinski definition) is 2. The third kappa shape index (κ3) is 2.63. The Kier molecular flexibility index (Phi) is 3.62. The standard InChI is InChI=1S/C18H19N3O/c1-2-4-17(14(3-1)12-22-16-6-7-19-11-16)15-9-13-5-8-20-18(13)21-10-15/h1-5,8-10,16,19H,6-7,11-12H2,(H,20,21)/t16-/m0/s1. The smallest absolute Gasteiger partial charge is 0.137 e. The lowest BCUT2D eigenvalue weighted by Crippen LogP contribution is -2.16. The highest BCUT2D eigenvalue weighted by atomic mass is 16.5. The van der Waals surface area contributed by atoms with Crippen LogP contribution in [-0.4, -0.2) is 29.2 Å². The number of aromatic nitrogens is 2. The molecule has 0 spiro atoms. The number of nitrogens with zero attached hydrogens (tertiary/aromatic N) is 1. The molecule has 0 unspecified atom stereocenters. The van der Waals surface area contributed by atoms with Crippen molar-refractivity contribution in [2.75, 3.05) is 13.1 Å². The van der Waals surface area contributed by atoms with Gasteiger partial charge in [-0.3, -0.25) is 0 Å². The molecule has 2 aromatic heterocycles. The molecule has 4 heteroatoms. The molecule has 4 nitrogen and oxygen atoms in total. The van der Waals surface area contributed by atoms with E-state index in [-0.39, 0.29) is 0 Å².